The van der Waals surface area contributed by atoms with Crippen molar-refractivity contribution >= 4 is 11.5 Å². The Hall–Kier alpha value is -2.55. The van der Waals surface area contributed by atoms with Crippen molar-refractivity contribution in [2.24, 2.45) is 5.41 Å². The lowest BCUT2D eigenvalue weighted by molar-refractivity contribution is -0.110. The fourth-order valence-corrected chi connectivity index (χ4v) is 5.15. The molecule has 0 saturated carbocycles. The molecule has 1 aliphatic carbocycles. The Labute approximate surface area is 168 Å². The van der Waals surface area contributed by atoms with Crippen LogP contribution in [0.1, 0.15) is 46.1 Å². The molecule has 146 valence electrons. The highest BCUT2D eigenvalue weighted by Gasteiger charge is 2.41. The first-order valence-corrected chi connectivity index (χ1v) is 10.1. The molecule has 0 saturated heterocycles. The molecule has 0 radical (unpaired) electrons. The number of carbonyl (C=O) groups excluding carboxylic acids is 1. The molecule has 3 nitrogen and oxygen atoms in total. The Morgan fingerprint density at radius 3 is 2.25 bits per heavy atom. The van der Waals surface area contributed by atoms with Gasteiger partial charge in [-0.1, -0.05) is 52.0 Å². The van der Waals surface area contributed by atoms with Crippen molar-refractivity contribution in [3.8, 4) is 0 Å². The molecule has 1 aromatic carbocycles. The largest absolute Gasteiger partial charge is 0.347 e. The van der Waals surface area contributed by atoms with Gasteiger partial charge in [0.1, 0.15) is 0 Å². The maximum atomic E-state index is 13.1. The predicted molar refractivity (Wildman–Crippen MR) is 116 cm³/mol. The number of rotatable bonds is 2. The molecule has 0 spiro atoms. The molecular formula is C25H30N2O. The summed E-state index contributed by atoms with van der Waals surface area (Å²) in [7, 11) is 4.13. The number of nitrogens with zero attached hydrogens (tertiary/aromatic N) is 2. The molecule has 0 atom stereocenters. The van der Waals surface area contributed by atoms with Crippen LogP contribution in [0.5, 0.6) is 0 Å². The van der Waals surface area contributed by atoms with Crippen molar-refractivity contribution in [3.63, 3.8) is 0 Å². The molecule has 28 heavy (non-hydrogen) atoms. The number of para-hydroxylation sites is 1. The van der Waals surface area contributed by atoms with Gasteiger partial charge in [0.15, 0.2) is 5.78 Å². The van der Waals surface area contributed by atoms with Crippen LogP contribution in [-0.2, 0) is 10.2 Å². The van der Waals surface area contributed by atoms with Crippen molar-refractivity contribution in [2.45, 2.75) is 46.0 Å². The van der Waals surface area contributed by atoms with Gasteiger partial charge in [-0.25, -0.2) is 0 Å². The average molecular weight is 375 g/mol. The van der Waals surface area contributed by atoms with Gasteiger partial charge in [-0.05, 0) is 36.1 Å². The van der Waals surface area contributed by atoms with Crippen LogP contribution in [0.2, 0.25) is 0 Å². The third-order valence-electron chi connectivity index (χ3n) is 6.76. The lowest BCUT2D eigenvalue weighted by Gasteiger charge is -2.27. The summed E-state index contributed by atoms with van der Waals surface area (Å²) in [5.74, 6) is 0.0569. The number of benzene rings is 1. The van der Waals surface area contributed by atoms with E-state index in [2.05, 4.69) is 88.0 Å². The van der Waals surface area contributed by atoms with Crippen molar-refractivity contribution in [2.75, 3.05) is 19.0 Å². The summed E-state index contributed by atoms with van der Waals surface area (Å²) in [6.07, 6.45) is 10.2. The van der Waals surface area contributed by atoms with E-state index in [1.54, 1.807) is 0 Å². The summed E-state index contributed by atoms with van der Waals surface area (Å²) in [4.78, 5) is 17.5. The molecule has 4 rings (SSSR count). The van der Waals surface area contributed by atoms with Gasteiger partial charge in [0, 0.05) is 59.9 Å². The van der Waals surface area contributed by atoms with Crippen LogP contribution in [0.4, 0.5) is 5.69 Å². The van der Waals surface area contributed by atoms with Gasteiger partial charge >= 0.3 is 0 Å². The molecule has 0 bridgehead atoms. The third kappa shape index (κ3) is 2.60. The maximum Gasteiger partial charge on any atom is 0.182 e. The van der Waals surface area contributed by atoms with Gasteiger partial charge < -0.3 is 9.80 Å². The van der Waals surface area contributed by atoms with Crippen LogP contribution in [0.25, 0.3) is 0 Å². The first-order chi connectivity index (χ1) is 13.2. The molecule has 0 aromatic heterocycles. The minimum atomic E-state index is -0.184. The van der Waals surface area contributed by atoms with E-state index in [1.807, 2.05) is 12.2 Å². The summed E-state index contributed by atoms with van der Waals surface area (Å²) in [6, 6.07) is 8.41. The first kappa shape index (κ1) is 18.8. The Kier molecular flexibility index (Phi) is 4.18. The van der Waals surface area contributed by atoms with Gasteiger partial charge in [-0.2, -0.15) is 0 Å². The topological polar surface area (TPSA) is 23.6 Å². The lowest BCUT2D eigenvalue weighted by atomic mass is 9.79. The number of carbonyl (C=O) groups is 1. The van der Waals surface area contributed by atoms with Crippen LogP contribution in [0.15, 0.2) is 71.2 Å². The Bertz CT molecular complexity index is 972. The summed E-state index contributed by atoms with van der Waals surface area (Å²) in [5, 5.41) is 0. The maximum absolute atomic E-state index is 13.1. The molecule has 0 amide bonds. The number of anilines is 1. The standard InChI is InChI=1S/C25H30N2O/c1-24(2)18-11-7-9-13-20(18)26(5)22(24)15-17(28)16-23-25(3,4)19-12-8-10-14-21(19)27(23)6/h7,9-11,13-16H,8,12H2,1-6H3/b22-15+,23-16+. The number of fused-ring (bicyclic) bond motifs is 1. The second-order valence-electron chi connectivity index (χ2n) is 9.15. The SMILES string of the molecule is CN1C2=C(CCC=C2)C(C)(C)/C1=C\C(=O)/C=C1/N(C)c2ccccc2C1(C)C. The number of allylic oxidation sites excluding steroid dienone is 6. The first-order valence-electron chi connectivity index (χ1n) is 10.1. The fourth-order valence-electron chi connectivity index (χ4n) is 5.15. The van der Waals surface area contributed by atoms with E-state index >= 15 is 0 Å². The van der Waals surface area contributed by atoms with Crippen molar-refractivity contribution in [3.05, 3.63) is 76.8 Å². The zero-order chi connectivity index (χ0) is 20.3. The summed E-state index contributed by atoms with van der Waals surface area (Å²) >= 11 is 0. The number of hydrogen-bond acceptors (Lipinski definition) is 3. The molecule has 1 aromatic rings. The normalized spacial score (nSPS) is 24.9. The molecular weight excluding hydrogens is 344 g/mol. The van der Waals surface area contributed by atoms with Gasteiger partial charge in [0.2, 0.25) is 0 Å². The van der Waals surface area contributed by atoms with E-state index in [9.17, 15) is 4.79 Å². The molecule has 3 aliphatic rings. The second kappa shape index (κ2) is 6.23. The van der Waals surface area contributed by atoms with Crippen LogP contribution in [0, 0.1) is 5.41 Å². The highest BCUT2D eigenvalue weighted by molar-refractivity contribution is 6.01. The number of hydrogen-bond donors (Lipinski definition) is 0. The minimum Gasteiger partial charge on any atom is -0.347 e. The van der Waals surface area contributed by atoms with E-state index in [0.717, 1.165) is 24.2 Å². The molecule has 3 heteroatoms. The quantitative estimate of drug-likeness (QED) is 0.654. The Balaban J connectivity index is 1.69. The van der Waals surface area contributed by atoms with Gasteiger partial charge in [-0.15, -0.1) is 0 Å². The van der Waals surface area contributed by atoms with Gasteiger partial charge in [0.05, 0.1) is 0 Å². The number of likely N-dealkylation sites (N-methyl/N-ethyl adjacent to an activating group) is 2. The minimum absolute atomic E-state index is 0.0569. The number of ketones is 1. The zero-order valence-corrected chi connectivity index (χ0v) is 17.8. The Morgan fingerprint density at radius 2 is 1.61 bits per heavy atom. The molecule has 2 heterocycles. The predicted octanol–water partition coefficient (Wildman–Crippen LogP) is 5.33. The van der Waals surface area contributed by atoms with Crippen LogP contribution in [0.3, 0.4) is 0 Å². The molecule has 0 N–H and O–H groups in total. The van der Waals surface area contributed by atoms with Crippen LogP contribution < -0.4 is 4.90 Å². The smallest absolute Gasteiger partial charge is 0.182 e. The second-order valence-corrected chi connectivity index (χ2v) is 9.15. The molecule has 0 unspecified atom stereocenters. The monoisotopic (exact) mass is 374 g/mol. The van der Waals surface area contributed by atoms with Crippen molar-refractivity contribution in [1.82, 2.24) is 4.90 Å². The lowest BCUT2D eigenvalue weighted by Crippen LogP contribution is -2.24. The summed E-state index contributed by atoms with van der Waals surface area (Å²) in [6.45, 7) is 8.86. The highest BCUT2D eigenvalue weighted by Crippen LogP contribution is 2.50. The van der Waals surface area contributed by atoms with E-state index in [4.69, 9.17) is 0 Å². The fraction of sp³-hybridized carbons (Fsp3) is 0.400. The van der Waals surface area contributed by atoms with E-state index < -0.39 is 0 Å². The van der Waals surface area contributed by atoms with E-state index in [1.165, 1.54) is 22.5 Å². The molecule has 2 aliphatic heterocycles. The van der Waals surface area contributed by atoms with Crippen LogP contribution in [-0.4, -0.2) is 24.8 Å². The Morgan fingerprint density at radius 1 is 0.964 bits per heavy atom. The van der Waals surface area contributed by atoms with Gasteiger partial charge in [0.25, 0.3) is 0 Å². The van der Waals surface area contributed by atoms with Crippen LogP contribution >= 0.6 is 0 Å². The van der Waals surface area contributed by atoms with Crippen molar-refractivity contribution in [1.29, 1.82) is 0 Å². The zero-order valence-electron chi connectivity index (χ0n) is 17.8. The summed E-state index contributed by atoms with van der Waals surface area (Å²) in [5.41, 5.74) is 6.99. The third-order valence-corrected chi connectivity index (χ3v) is 6.76. The molecule has 0 fully saturated rings. The van der Waals surface area contributed by atoms with E-state index in [-0.39, 0.29) is 16.6 Å². The average Bonchev–Trinajstić information content (AvgIpc) is 2.98. The van der Waals surface area contributed by atoms with Crippen molar-refractivity contribution < 1.29 is 4.79 Å². The summed E-state index contributed by atoms with van der Waals surface area (Å²) < 4.78 is 0. The highest BCUT2D eigenvalue weighted by atomic mass is 16.1. The van der Waals surface area contributed by atoms with Gasteiger partial charge in [-0.3, -0.25) is 4.79 Å². The van der Waals surface area contributed by atoms with E-state index in [0.29, 0.717) is 0 Å².